The molecule has 3 rings (SSSR count). The highest BCUT2D eigenvalue weighted by atomic mass is 16.5. The Bertz CT molecular complexity index is 716. The molecule has 2 aromatic carbocycles. The highest BCUT2D eigenvalue weighted by Gasteiger charge is 2.27. The second-order valence-corrected chi connectivity index (χ2v) is 4.31. The van der Waals surface area contributed by atoms with E-state index in [2.05, 4.69) is 0 Å². The van der Waals surface area contributed by atoms with E-state index < -0.39 is 5.97 Å². The zero-order valence-electron chi connectivity index (χ0n) is 10.1. The maximum atomic E-state index is 12.2. The number of rotatable bonds is 2. The van der Waals surface area contributed by atoms with Gasteiger partial charge in [-0.25, -0.2) is 4.79 Å². The number of hydrogen-bond donors (Lipinski definition) is 1. The Labute approximate surface area is 109 Å². The molecule has 1 aliphatic rings. The number of carboxylic acids is 1. The molecule has 19 heavy (non-hydrogen) atoms. The molecule has 0 spiro atoms. The van der Waals surface area contributed by atoms with Crippen LogP contribution in [0.25, 0.3) is 11.1 Å². The number of aromatic carboxylic acids is 1. The maximum absolute atomic E-state index is 12.2. The van der Waals surface area contributed by atoms with Crippen molar-refractivity contribution in [1.82, 2.24) is 0 Å². The number of ether oxygens (including phenoxy) is 1. The summed E-state index contributed by atoms with van der Waals surface area (Å²) in [6.45, 7) is 0. The standard InChI is InChI=1S/C15H10O4/c1-19-9-3-5-11-12(7-9)10-4-2-8(15(17)18)6-13(10)14(11)16/h2-7H,1H3,(H,17,18). The van der Waals surface area contributed by atoms with Crippen LogP contribution in [-0.2, 0) is 0 Å². The molecule has 94 valence electrons. The summed E-state index contributed by atoms with van der Waals surface area (Å²) in [5.41, 5.74) is 2.67. The summed E-state index contributed by atoms with van der Waals surface area (Å²) in [4.78, 5) is 23.2. The minimum Gasteiger partial charge on any atom is -0.497 e. The average molecular weight is 254 g/mol. The minimum atomic E-state index is -1.04. The Morgan fingerprint density at radius 3 is 2.42 bits per heavy atom. The molecule has 1 N–H and O–H groups in total. The Morgan fingerprint density at radius 2 is 1.74 bits per heavy atom. The van der Waals surface area contributed by atoms with Crippen LogP contribution in [0.15, 0.2) is 36.4 Å². The molecule has 0 saturated carbocycles. The molecule has 0 aliphatic heterocycles. The Balaban J connectivity index is 2.23. The third-order valence-corrected chi connectivity index (χ3v) is 3.27. The average Bonchev–Trinajstić information content (AvgIpc) is 2.71. The second kappa shape index (κ2) is 3.95. The number of carbonyl (C=O) groups excluding carboxylic acids is 1. The number of methoxy groups -OCH3 is 1. The van der Waals surface area contributed by atoms with Crippen molar-refractivity contribution in [3.8, 4) is 16.9 Å². The molecule has 1 aliphatic carbocycles. The smallest absolute Gasteiger partial charge is 0.335 e. The normalized spacial score (nSPS) is 11.9. The highest BCUT2D eigenvalue weighted by molar-refractivity contribution is 6.22. The molecule has 0 radical (unpaired) electrons. The second-order valence-electron chi connectivity index (χ2n) is 4.31. The largest absolute Gasteiger partial charge is 0.497 e. The quantitative estimate of drug-likeness (QED) is 0.763. The Morgan fingerprint density at radius 1 is 1.00 bits per heavy atom. The van der Waals surface area contributed by atoms with Gasteiger partial charge in [0.2, 0.25) is 0 Å². The van der Waals surface area contributed by atoms with E-state index in [1.54, 1.807) is 31.4 Å². The zero-order chi connectivity index (χ0) is 13.6. The molecule has 0 bridgehead atoms. The lowest BCUT2D eigenvalue weighted by Crippen LogP contribution is -2.00. The SMILES string of the molecule is COc1ccc2c(c1)-c1ccc(C(=O)O)cc1C2=O. The van der Waals surface area contributed by atoms with Crippen LogP contribution >= 0.6 is 0 Å². The summed E-state index contributed by atoms with van der Waals surface area (Å²) in [7, 11) is 1.56. The lowest BCUT2D eigenvalue weighted by atomic mass is 10.0. The van der Waals surface area contributed by atoms with Gasteiger partial charge in [-0.05, 0) is 41.5 Å². The summed E-state index contributed by atoms with van der Waals surface area (Å²) in [6.07, 6.45) is 0. The van der Waals surface area contributed by atoms with E-state index in [-0.39, 0.29) is 11.3 Å². The number of carbonyl (C=O) groups is 2. The fourth-order valence-electron chi connectivity index (χ4n) is 2.32. The lowest BCUT2D eigenvalue weighted by Gasteiger charge is -2.03. The molecule has 4 nitrogen and oxygen atoms in total. The lowest BCUT2D eigenvalue weighted by molar-refractivity contribution is 0.0697. The molecule has 0 heterocycles. The van der Waals surface area contributed by atoms with Gasteiger partial charge in [0.1, 0.15) is 5.75 Å². The molecule has 0 saturated heterocycles. The number of fused-ring (bicyclic) bond motifs is 3. The van der Waals surface area contributed by atoms with Crippen LogP contribution in [0.5, 0.6) is 5.75 Å². The maximum Gasteiger partial charge on any atom is 0.335 e. The molecular formula is C15H10O4. The molecule has 0 fully saturated rings. The van der Waals surface area contributed by atoms with Crippen LogP contribution in [0.2, 0.25) is 0 Å². The van der Waals surface area contributed by atoms with E-state index in [9.17, 15) is 9.59 Å². The van der Waals surface area contributed by atoms with Gasteiger partial charge in [-0.2, -0.15) is 0 Å². The summed E-state index contributed by atoms with van der Waals surface area (Å²) in [5.74, 6) is -0.512. The Kier molecular flexibility index (Phi) is 2.38. The fourth-order valence-corrected chi connectivity index (χ4v) is 2.32. The van der Waals surface area contributed by atoms with Gasteiger partial charge in [-0.3, -0.25) is 4.79 Å². The van der Waals surface area contributed by atoms with Crippen LogP contribution in [0.1, 0.15) is 26.3 Å². The van der Waals surface area contributed by atoms with Crippen LogP contribution in [0.4, 0.5) is 0 Å². The van der Waals surface area contributed by atoms with E-state index >= 15 is 0 Å². The molecule has 4 heteroatoms. The van der Waals surface area contributed by atoms with Crippen LogP contribution in [0, 0.1) is 0 Å². The topological polar surface area (TPSA) is 63.6 Å². The summed E-state index contributed by atoms with van der Waals surface area (Å²) in [6, 6.07) is 9.81. The molecule has 0 unspecified atom stereocenters. The van der Waals surface area contributed by atoms with Crippen LogP contribution in [0.3, 0.4) is 0 Å². The Hall–Kier alpha value is -2.62. The zero-order valence-corrected chi connectivity index (χ0v) is 10.1. The van der Waals surface area contributed by atoms with Gasteiger partial charge < -0.3 is 9.84 Å². The number of benzene rings is 2. The molecule has 0 atom stereocenters. The monoisotopic (exact) mass is 254 g/mol. The molecule has 0 amide bonds. The van der Waals surface area contributed by atoms with Crippen molar-refractivity contribution in [1.29, 1.82) is 0 Å². The van der Waals surface area contributed by atoms with Crippen molar-refractivity contribution < 1.29 is 19.4 Å². The van der Waals surface area contributed by atoms with Gasteiger partial charge in [0.05, 0.1) is 12.7 Å². The van der Waals surface area contributed by atoms with Crippen molar-refractivity contribution in [2.24, 2.45) is 0 Å². The first-order chi connectivity index (χ1) is 9.11. The van der Waals surface area contributed by atoms with Crippen LogP contribution in [-0.4, -0.2) is 24.0 Å². The number of hydrogen-bond acceptors (Lipinski definition) is 3. The minimum absolute atomic E-state index is 0.117. The van der Waals surface area contributed by atoms with Crippen molar-refractivity contribution in [2.45, 2.75) is 0 Å². The number of ketones is 1. The van der Waals surface area contributed by atoms with Crippen molar-refractivity contribution in [3.63, 3.8) is 0 Å². The predicted molar refractivity (Wildman–Crippen MR) is 68.8 cm³/mol. The summed E-state index contributed by atoms with van der Waals surface area (Å²) < 4.78 is 5.15. The van der Waals surface area contributed by atoms with E-state index in [4.69, 9.17) is 9.84 Å². The van der Waals surface area contributed by atoms with E-state index in [0.29, 0.717) is 16.9 Å². The van der Waals surface area contributed by atoms with Gasteiger partial charge in [0.15, 0.2) is 5.78 Å². The van der Waals surface area contributed by atoms with Gasteiger partial charge >= 0.3 is 5.97 Å². The van der Waals surface area contributed by atoms with Gasteiger partial charge in [0.25, 0.3) is 0 Å². The van der Waals surface area contributed by atoms with Gasteiger partial charge in [-0.1, -0.05) is 6.07 Å². The summed E-state index contributed by atoms with van der Waals surface area (Å²) >= 11 is 0. The van der Waals surface area contributed by atoms with E-state index in [1.165, 1.54) is 12.1 Å². The first-order valence-corrected chi connectivity index (χ1v) is 5.72. The first kappa shape index (κ1) is 11.5. The third kappa shape index (κ3) is 1.61. The molecule has 2 aromatic rings. The van der Waals surface area contributed by atoms with Gasteiger partial charge in [-0.15, -0.1) is 0 Å². The van der Waals surface area contributed by atoms with Crippen molar-refractivity contribution in [3.05, 3.63) is 53.1 Å². The van der Waals surface area contributed by atoms with E-state index in [1.807, 2.05) is 0 Å². The van der Waals surface area contributed by atoms with Crippen molar-refractivity contribution >= 4 is 11.8 Å². The highest BCUT2D eigenvalue weighted by Crippen LogP contribution is 2.38. The summed E-state index contributed by atoms with van der Waals surface area (Å²) in [5, 5.41) is 8.97. The first-order valence-electron chi connectivity index (χ1n) is 5.72. The van der Waals surface area contributed by atoms with Crippen molar-refractivity contribution in [2.75, 3.05) is 7.11 Å². The van der Waals surface area contributed by atoms with Gasteiger partial charge in [0, 0.05) is 11.1 Å². The fraction of sp³-hybridized carbons (Fsp3) is 0.0667. The third-order valence-electron chi connectivity index (χ3n) is 3.27. The number of carboxylic acid groups (broad SMARTS) is 1. The molecular weight excluding hydrogens is 244 g/mol. The van der Waals surface area contributed by atoms with Crippen LogP contribution < -0.4 is 4.74 Å². The molecule has 0 aromatic heterocycles. The predicted octanol–water partition coefficient (Wildman–Crippen LogP) is 2.60. The van der Waals surface area contributed by atoms with E-state index in [0.717, 1.165) is 11.1 Å².